The summed E-state index contributed by atoms with van der Waals surface area (Å²) in [6.45, 7) is 3.25. The number of rotatable bonds is 1. The molecule has 1 aromatic heterocycles. The molecule has 0 aliphatic carbocycles. The number of piperazine rings is 1. The van der Waals surface area contributed by atoms with Gasteiger partial charge >= 0.3 is 0 Å². The highest BCUT2D eigenvalue weighted by molar-refractivity contribution is 7.07. The molecule has 0 saturated carbocycles. The van der Waals surface area contributed by atoms with Crippen molar-refractivity contribution in [2.24, 2.45) is 0 Å². The Labute approximate surface area is 82.8 Å². The smallest absolute Gasteiger partial charge is 0.0455 e. The standard InChI is InChI=1S/C8H12N2S.ClH/c1-4-11-6-7(1)8-5-9-2-3-10-8;/h1,4,6,8-10H,2-3,5H2;1H/t8-;/m1./s1. The SMILES string of the molecule is Cl.c1cc([C@H]2CNCCN2)cs1. The van der Waals surface area contributed by atoms with Gasteiger partial charge in [-0.3, -0.25) is 0 Å². The Morgan fingerprint density at radius 2 is 2.33 bits per heavy atom. The van der Waals surface area contributed by atoms with Gasteiger partial charge in [0.05, 0.1) is 0 Å². The van der Waals surface area contributed by atoms with Crippen molar-refractivity contribution in [3.63, 3.8) is 0 Å². The molecule has 1 atom stereocenters. The van der Waals surface area contributed by atoms with Crippen molar-refractivity contribution in [2.75, 3.05) is 19.6 Å². The normalized spacial score (nSPS) is 23.2. The van der Waals surface area contributed by atoms with Crippen LogP contribution in [0.2, 0.25) is 0 Å². The van der Waals surface area contributed by atoms with Crippen LogP contribution < -0.4 is 10.6 Å². The molecule has 0 radical (unpaired) electrons. The molecule has 1 saturated heterocycles. The van der Waals surface area contributed by atoms with Crippen LogP contribution in [0.3, 0.4) is 0 Å². The fourth-order valence-electron chi connectivity index (χ4n) is 1.36. The molecule has 0 bridgehead atoms. The Morgan fingerprint density at radius 3 is 2.92 bits per heavy atom. The number of nitrogens with one attached hydrogen (secondary N) is 2. The zero-order valence-corrected chi connectivity index (χ0v) is 8.38. The molecular weight excluding hydrogens is 192 g/mol. The van der Waals surface area contributed by atoms with Gasteiger partial charge in [0.15, 0.2) is 0 Å². The maximum absolute atomic E-state index is 3.47. The molecule has 2 rings (SSSR count). The van der Waals surface area contributed by atoms with E-state index in [4.69, 9.17) is 0 Å². The van der Waals surface area contributed by atoms with Crippen molar-refractivity contribution >= 4 is 23.7 Å². The zero-order chi connectivity index (χ0) is 7.52. The minimum atomic E-state index is 0. The predicted molar refractivity (Wildman–Crippen MR) is 55.2 cm³/mol. The maximum Gasteiger partial charge on any atom is 0.0455 e. The van der Waals surface area contributed by atoms with E-state index in [0.717, 1.165) is 19.6 Å². The monoisotopic (exact) mass is 204 g/mol. The predicted octanol–water partition coefficient (Wildman–Crippen LogP) is 1.40. The van der Waals surface area contributed by atoms with Crippen molar-refractivity contribution in [2.45, 2.75) is 6.04 Å². The van der Waals surface area contributed by atoms with Crippen molar-refractivity contribution in [1.82, 2.24) is 10.6 Å². The minimum Gasteiger partial charge on any atom is -0.314 e. The lowest BCUT2D eigenvalue weighted by molar-refractivity contribution is 0.431. The molecule has 1 fully saturated rings. The van der Waals surface area contributed by atoms with Crippen molar-refractivity contribution in [3.8, 4) is 0 Å². The maximum atomic E-state index is 3.47. The molecule has 2 N–H and O–H groups in total. The van der Waals surface area contributed by atoms with Gasteiger partial charge in [-0.05, 0) is 22.4 Å². The molecule has 1 aromatic rings. The van der Waals surface area contributed by atoms with Crippen LogP contribution in [0.1, 0.15) is 11.6 Å². The van der Waals surface area contributed by atoms with Crippen LogP contribution in [0.25, 0.3) is 0 Å². The first-order chi connectivity index (χ1) is 5.47. The average Bonchev–Trinajstić information content (AvgIpc) is 2.58. The number of hydrogen-bond donors (Lipinski definition) is 2. The fraction of sp³-hybridized carbons (Fsp3) is 0.500. The first-order valence-electron chi connectivity index (χ1n) is 3.93. The molecule has 0 spiro atoms. The van der Waals surface area contributed by atoms with E-state index in [1.54, 1.807) is 11.3 Å². The Hall–Kier alpha value is -0.0900. The third-order valence-corrected chi connectivity index (χ3v) is 2.69. The molecule has 68 valence electrons. The Balaban J connectivity index is 0.000000720. The van der Waals surface area contributed by atoms with Gasteiger partial charge in [-0.15, -0.1) is 12.4 Å². The minimum absolute atomic E-state index is 0. The van der Waals surface area contributed by atoms with E-state index >= 15 is 0 Å². The second kappa shape index (κ2) is 4.82. The second-order valence-corrected chi connectivity index (χ2v) is 3.55. The van der Waals surface area contributed by atoms with Crippen LogP contribution >= 0.6 is 23.7 Å². The van der Waals surface area contributed by atoms with Gasteiger partial charge < -0.3 is 10.6 Å². The lowest BCUT2D eigenvalue weighted by atomic mass is 10.1. The van der Waals surface area contributed by atoms with Crippen LogP contribution in [-0.2, 0) is 0 Å². The number of hydrogen-bond acceptors (Lipinski definition) is 3. The van der Waals surface area contributed by atoms with E-state index in [1.165, 1.54) is 5.56 Å². The molecule has 12 heavy (non-hydrogen) atoms. The summed E-state index contributed by atoms with van der Waals surface area (Å²) in [7, 11) is 0. The van der Waals surface area contributed by atoms with Crippen LogP contribution in [0, 0.1) is 0 Å². The van der Waals surface area contributed by atoms with Crippen molar-refractivity contribution in [3.05, 3.63) is 22.4 Å². The molecular formula is C8H13ClN2S. The summed E-state index contributed by atoms with van der Waals surface area (Å²) in [5.74, 6) is 0. The highest BCUT2D eigenvalue weighted by Gasteiger charge is 2.13. The Bertz CT molecular complexity index is 207. The summed E-state index contributed by atoms with van der Waals surface area (Å²) in [6, 6.07) is 2.73. The number of thiophene rings is 1. The van der Waals surface area contributed by atoms with Gasteiger partial charge in [0.2, 0.25) is 0 Å². The summed E-state index contributed by atoms with van der Waals surface area (Å²) in [4.78, 5) is 0. The lowest BCUT2D eigenvalue weighted by Crippen LogP contribution is -2.42. The molecule has 0 unspecified atom stereocenters. The van der Waals surface area contributed by atoms with Crippen LogP contribution in [0.15, 0.2) is 16.8 Å². The van der Waals surface area contributed by atoms with Gasteiger partial charge in [-0.1, -0.05) is 0 Å². The highest BCUT2D eigenvalue weighted by atomic mass is 35.5. The van der Waals surface area contributed by atoms with E-state index in [1.807, 2.05) is 0 Å². The molecule has 0 amide bonds. The molecule has 4 heteroatoms. The van der Waals surface area contributed by atoms with Crippen molar-refractivity contribution < 1.29 is 0 Å². The highest BCUT2D eigenvalue weighted by Crippen LogP contribution is 2.16. The summed E-state index contributed by atoms with van der Waals surface area (Å²) in [6.07, 6.45) is 0. The Morgan fingerprint density at radius 1 is 1.42 bits per heavy atom. The third kappa shape index (κ3) is 2.20. The molecule has 1 aliphatic rings. The molecule has 1 aliphatic heterocycles. The summed E-state index contributed by atoms with van der Waals surface area (Å²) >= 11 is 1.77. The second-order valence-electron chi connectivity index (χ2n) is 2.77. The molecule has 2 heterocycles. The van der Waals surface area contributed by atoms with Gasteiger partial charge in [-0.25, -0.2) is 0 Å². The van der Waals surface area contributed by atoms with E-state index < -0.39 is 0 Å². The summed E-state index contributed by atoms with van der Waals surface area (Å²) < 4.78 is 0. The lowest BCUT2D eigenvalue weighted by Gasteiger charge is -2.23. The van der Waals surface area contributed by atoms with Crippen molar-refractivity contribution in [1.29, 1.82) is 0 Å². The quantitative estimate of drug-likeness (QED) is 0.723. The topological polar surface area (TPSA) is 24.1 Å². The van der Waals surface area contributed by atoms with Crippen LogP contribution in [0.5, 0.6) is 0 Å². The van der Waals surface area contributed by atoms with Gasteiger partial charge in [-0.2, -0.15) is 11.3 Å². The summed E-state index contributed by atoms with van der Waals surface area (Å²) in [5.41, 5.74) is 1.42. The van der Waals surface area contributed by atoms with Crippen LogP contribution in [0.4, 0.5) is 0 Å². The zero-order valence-electron chi connectivity index (χ0n) is 6.75. The fourth-order valence-corrected chi connectivity index (χ4v) is 2.08. The summed E-state index contributed by atoms with van der Waals surface area (Å²) in [5, 5.41) is 11.2. The first-order valence-corrected chi connectivity index (χ1v) is 4.87. The van der Waals surface area contributed by atoms with E-state index in [9.17, 15) is 0 Å². The van der Waals surface area contributed by atoms with Gasteiger partial charge in [0.25, 0.3) is 0 Å². The van der Waals surface area contributed by atoms with E-state index in [2.05, 4.69) is 27.5 Å². The number of halogens is 1. The van der Waals surface area contributed by atoms with E-state index in [-0.39, 0.29) is 12.4 Å². The van der Waals surface area contributed by atoms with Gasteiger partial charge in [0, 0.05) is 25.7 Å². The average molecular weight is 205 g/mol. The Kier molecular flexibility index (Phi) is 4.01. The molecule has 0 aromatic carbocycles. The van der Waals surface area contributed by atoms with Gasteiger partial charge in [0.1, 0.15) is 0 Å². The van der Waals surface area contributed by atoms with Crippen LogP contribution in [-0.4, -0.2) is 19.6 Å². The largest absolute Gasteiger partial charge is 0.314 e. The first kappa shape index (κ1) is 9.99. The van der Waals surface area contributed by atoms with E-state index in [0.29, 0.717) is 6.04 Å². The third-order valence-electron chi connectivity index (χ3n) is 1.99. The molecule has 2 nitrogen and oxygen atoms in total.